The normalized spacial score (nSPS) is 10.8. The molecule has 3 aromatic rings. The van der Waals surface area contributed by atoms with Crippen molar-refractivity contribution in [3.8, 4) is 5.75 Å². The summed E-state index contributed by atoms with van der Waals surface area (Å²) in [5.41, 5.74) is 1.84. The average Bonchev–Trinajstić information content (AvgIpc) is 3.12. The summed E-state index contributed by atoms with van der Waals surface area (Å²) in [4.78, 5) is 0. The smallest absolute Gasteiger partial charge is 0.243 e. The molecule has 27 heavy (non-hydrogen) atoms. The van der Waals surface area contributed by atoms with Crippen LogP contribution in [0.15, 0.2) is 42.5 Å². The van der Waals surface area contributed by atoms with Gasteiger partial charge in [-0.05, 0) is 46.7 Å². The van der Waals surface area contributed by atoms with Gasteiger partial charge in [-0.1, -0.05) is 59.8 Å². The number of benzene rings is 2. The van der Waals surface area contributed by atoms with Crippen molar-refractivity contribution in [1.82, 2.24) is 20.2 Å². The highest BCUT2D eigenvalue weighted by Gasteiger charge is 2.08. The lowest BCUT2D eigenvalue weighted by molar-refractivity contribution is 0.306. The van der Waals surface area contributed by atoms with Crippen molar-refractivity contribution in [3.05, 3.63) is 63.6 Å². The summed E-state index contributed by atoms with van der Waals surface area (Å²) >= 11 is 12.4. The molecule has 0 aliphatic rings. The Morgan fingerprint density at radius 1 is 1.11 bits per heavy atom. The van der Waals surface area contributed by atoms with Gasteiger partial charge in [0.15, 0.2) is 0 Å². The summed E-state index contributed by atoms with van der Waals surface area (Å²) in [5.74, 6) is 1.41. The zero-order valence-electron chi connectivity index (χ0n) is 15.0. The molecule has 0 saturated heterocycles. The van der Waals surface area contributed by atoms with Crippen molar-refractivity contribution in [3.63, 3.8) is 0 Å². The highest BCUT2D eigenvalue weighted by molar-refractivity contribution is 6.35. The highest BCUT2D eigenvalue weighted by atomic mass is 35.5. The van der Waals surface area contributed by atoms with Crippen molar-refractivity contribution >= 4 is 29.2 Å². The zero-order chi connectivity index (χ0) is 19.1. The maximum Gasteiger partial charge on any atom is 0.243 e. The van der Waals surface area contributed by atoms with Crippen LogP contribution in [0.4, 0.5) is 5.95 Å². The van der Waals surface area contributed by atoms with Crippen LogP contribution in [-0.2, 0) is 19.7 Å². The second-order valence-electron chi connectivity index (χ2n) is 6.07. The van der Waals surface area contributed by atoms with E-state index in [0.717, 1.165) is 36.3 Å². The van der Waals surface area contributed by atoms with Crippen LogP contribution >= 0.6 is 23.2 Å². The van der Waals surface area contributed by atoms with Crippen LogP contribution in [-0.4, -0.2) is 20.2 Å². The lowest BCUT2D eigenvalue weighted by Crippen LogP contribution is -2.09. The van der Waals surface area contributed by atoms with Crippen molar-refractivity contribution in [1.29, 1.82) is 0 Å². The molecule has 3 rings (SSSR count). The standard InChI is InChI=1S/C19H21Cl2N5O/c1-2-3-10-26-19(23-24-25-26)22-12-14-6-4-7-15(11-14)27-13-16-17(20)8-5-9-18(16)21/h4-9,11H,2-3,10,12-13H2,1H3,(H,22,23,25). The van der Waals surface area contributed by atoms with E-state index in [1.54, 1.807) is 16.8 Å². The number of halogens is 2. The van der Waals surface area contributed by atoms with E-state index >= 15 is 0 Å². The Balaban J connectivity index is 1.60. The van der Waals surface area contributed by atoms with Gasteiger partial charge in [-0.15, -0.1) is 0 Å². The summed E-state index contributed by atoms with van der Waals surface area (Å²) < 4.78 is 7.65. The topological polar surface area (TPSA) is 64.9 Å². The predicted molar refractivity (Wildman–Crippen MR) is 107 cm³/mol. The molecular formula is C19H21Cl2N5O. The van der Waals surface area contributed by atoms with E-state index in [1.807, 2.05) is 30.3 Å². The summed E-state index contributed by atoms with van der Waals surface area (Å²) in [6.07, 6.45) is 2.13. The molecule has 0 atom stereocenters. The van der Waals surface area contributed by atoms with Crippen LogP contribution in [0.1, 0.15) is 30.9 Å². The fourth-order valence-electron chi connectivity index (χ4n) is 2.54. The number of hydrogen-bond donors (Lipinski definition) is 1. The Kier molecular flexibility index (Phi) is 6.90. The molecule has 0 aliphatic heterocycles. The molecule has 0 unspecified atom stereocenters. The SMILES string of the molecule is CCCCn1nnnc1NCc1cccc(OCc2c(Cl)cccc2Cl)c1. The maximum absolute atomic E-state index is 6.19. The third-order valence-electron chi connectivity index (χ3n) is 4.05. The van der Waals surface area contributed by atoms with Crippen molar-refractivity contribution in [2.45, 2.75) is 39.5 Å². The van der Waals surface area contributed by atoms with Crippen molar-refractivity contribution in [2.75, 3.05) is 5.32 Å². The lowest BCUT2D eigenvalue weighted by atomic mass is 10.2. The first kappa shape index (κ1) is 19.5. The molecule has 2 aromatic carbocycles. The molecule has 6 nitrogen and oxygen atoms in total. The van der Waals surface area contributed by atoms with E-state index in [9.17, 15) is 0 Å². The number of nitrogens with one attached hydrogen (secondary N) is 1. The van der Waals surface area contributed by atoms with E-state index in [2.05, 4.69) is 27.8 Å². The average molecular weight is 406 g/mol. The number of nitrogens with zero attached hydrogens (tertiary/aromatic N) is 4. The second-order valence-corrected chi connectivity index (χ2v) is 6.88. The first-order chi connectivity index (χ1) is 13.2. The molecule has 1 heterocycles. The van der Waals surface area contributed by atoms with Gasteiger partial charge in [0.2, 0.25) is 5.95 Å². The molecule has 0 bridgehead atoms. The zero-order valence-corrected chi connectivity index (χ0v) is 16.5. The molecule has 0 saturated carbocycles. The fraction of sp³-hybridized carbons (Fsp3) is 0.316. The second kappa shape index (κ2) is 9.58. The number of aryl methyl sites for hydroxylation is 1. The van der Waals surface area contributed by atoms with Gasteiger partial charge in [0.1, 0.15) is 12.4 Å². The van der Waals surface area contributed by atoms with Crippen LogP contribution in [0.3, 0.4) is 0 Å². The number of aromatic nitrogens is 4. The van der Waals surface area contributed by atoms with E-state index in [1.165, 1.54) is 0 Å². The minimum absolute atomic E-state index is 0.310. The van der Waals surface area contributed by atoms with Gasteiger partial charge in [0, 0.05) is 28.7 Å². The van der Waals surface area contributed by atoms with E-state index < -0.39 is 0 Å². The summed E-state index contributed by atoms with van der Waals surface area (Å²) in [5, 5.41) is 16.2. The lowest BCUT2D eigenvalue weighted by Gasteiger charge is -2.11. The van der Waals surface area contributed by atoms with Gasteiger partial charge < -0.3 is 10.1 Å². The molecule has 0 amide bonds. The molecule has 8 heteroatoms. The van der Waals surface area contributed by atoms with Gasteiger partial charge in [-0.25, -0.2) is 4.68 Å². The van der Waals surface area contributed by atoms with Crippen LogP contribution in [0.5, 0.6) is 5.75 Å². The Labute approximate surface area is 168 Å². The van der Waals surface area contributed by atoms with Crippen molar-refractivity contribution in [2.24, 2.45) is 0 Å². The molecule has 0 spiro atoms. The molecule has 0 radical (unpaired) electrons. The summed E-state index contributed by atoms with van der Waals surface area (Å²) in [7, 11) is 0. The number of hydrogen-bond acceptors (Lipinski definition) is 5. The van der Waals surface area contributed by atoms with E-state index in [4.69, 9.17) is 27.9 Å². The summed E-state index contributed by atoms with van der Waals surface area (Å²) in [6.45, 7) is 3.84. The Morgan fingerprint density at radius 2 is 1.89 bits per heavy atom. The fourth-order valence-corrected chi connectivity index (χ4v) is 3.05. The number of tetrazole rings is 1. The van der Waals surface area contributed by atoms with E-state index in [-0.39, 0.29) is 0 Å². The summed E-state index contributed by atoms with van der Waals surface area (Å²) in [6, 6.07) is 13.2. The predicted octanol–water partition coefficient (Wildman–Crippen LogP) is 4.97. The van der Waals surface area contributed by atoms with Crippen LogP contribution in [0.25, 0.3) is 0 Å². The van der Waals surface area contributed by atoms with Crippen LogP contribution in [0.2, 0.25) is 10.0 Å². The van der Waals surface area contributed by atoms with Gasteiger partial charge in [-0.3, -0.25) is 0 Å². The molecule has 1 aromatic heterocycles. The number of unbranched alkanes of at least 4 members (excludes halogenated alkanes) is 1. The molecular weight excluding hydrogens is 385 g/mol. The molecule has 0 fully saturated rings. The largest absolute Gasteiger partial charge is 0.489 e. The first-order valence-electron chi connectivity index (χ1n) is 8.82. The quantitative estimate of drug-likeness (QED) is 0.544. The van der Waals surface area contributed by atoms with Gasteiger partial charge in [0.05, 0.1) is 0 Å². The van der Waals surface area contributed by atoms with Crippen LogP contribution in [0, 0.1) is 0 Å². The minimum atomic E-state index is 0.310. The third-order valence-corrected chi connectivity index (χ3v) is 4.76. The van der Waals surface area contributed by atoms with Gasteiger partial charge in [-0.2, -0.15) is 0 Å². The first-order valence-corrected chi connectivity index (χ1v) is 9.57. The third kappa shape index (κ3) is 5.34. The van der Waals surface area contributed by atoms with Crippen molar-refractivity contribution < 1.29 is 4.74 Å². The number of anilines is 1. The van der Waals surface area contributed by atoms with E-state index in [0.29, 0.717) is 29.1 Å². The molecule has 0 aliphatic carbocycles. The van der Waals surface area contributed by atoms with Gasteiger partial charge in [0.25, 0.3) is 0 Å². The Morgan fingerprint density at radius 3 is 2.67 bits per heavy atom. The monoisotopic (exact) mass is 405 g/mol. The highest BCUT2D eigenvalue weighted by Crippen LogP contribution is 2.26. The minimum Gasteiger partial charge on any atom is -0.489 e. The maximum atomic E-state index is 6.19. The Bertz CT molecular complexity index is 864. The number of rotatable bonds is 9. The number of ether oxygens (including phenoxy) is 1. The molecule has 1 N–H and O–H groups in total. The Hall–Kier alpha value is -2.31. The molecule has 142 valence electrons. The van der Waals surface area contributed by atoms with Crippen LogP contribution < -0.4 is 10.1 Å². The van der Waals surface area contributed by atoms with Gasteiger partial charge >= 0.3 is 0 Å².